The Kier molecular flexibility index (Phi) is 7.24. The van der Waals surface area contributed by atoms with Crippen LogP contribution >= 0.6 is 11.8 Å². The summed E-state index contributed by atoms with van der Waals surface area (Å²) in [4.78, 5) is 26.5. The van der Waals surface area contributed by atoms with Crippen molar-refractivity contribution in [3.05, 3.63) is 54.0 Å². The minimum Gasteiger partial charge on any atom is -0.451 e. The molecule has 0 aliphatic carbocycles. The number of furan rings is 1. The molecule has 174 valence electrons. The van der Waals surface area contributed by atoms with Gasteiger partial charge >= 0.3 is 0 Å². The Balaban J connectivity index is 1.23. The van der Waals surface area contributed by atoms with Crippen LogP contribution in [0, 0.1) is 5.92 Å². The first kappa shape index (κ1) is 22.4. The zero-order valence-electron chi connectivity index (χ0n) is 18.8. The first-order valence-corrected chi connectivity index (χ1v) is 12.8. The summed E-state index contributed by atoms with van der Waals surface area (Å²) in [5, 5.41) is 1.69. The number of aromatic nitrogens is 2. The van der Waals surface area contributed by atoms with Crippen LogP contribution in [0.3, 0.4) is 0 Å². The van der Waals surface area contributed by atoms with Gasteiger partial charge in [0.15, 0.2) is 10.9 Å². The maximum absolute atomic E-state index is 13.5. The van der Waals surface area contributed by atoms with Crippen molar-refractivity contribution >= 4 is 28.6 Å². The van der Waals surface area contributed by atoms with E-state index in [1.807, 2.05) is 29.2 Å². The van der Waals surface area contributed by atoms with Crippen LogP contribution in [0.15, 0.2) is 52.3 Å². The molecule has 2 aromatic heterocycles. The van der Waals surface area contributed by atoms with Gasteiger partial charge in [0, 0.05) is 55.3 Å². The normalized spacial score (nSPS) is 18.1. The minimum absolute atomic E-state index is 0.00223. The van der Waals surface area contributed by atoms with Crippen LogP contribution in [-0.2, 0) is 10.5 Å². The standard InChI is InChI=1S/C25H30N4O3S/c30-24(29-12-7-19(8-13-29)6-11-28-14-16-31-17-15-28)23-21(18-33-25-26-9-3-10-27-25)20-4-1-2-5-22(20)32-23/h1-5,9-10,19H,6-8,11-18H2. The van der Waals surface area contributed by atoms with Gasteiger partial charge in [0.2, 0.25) is 0 Å². The molecule has 5 rings (SSSR count). The Morgan fingerprint density at radius 3 is 2.58 bits per heavy atom. The molecule has 0 bridgehead atoms. The van der Waals surface area contributed by atoms with E-state index in [4.69, 9.17) is 9.15 Å². The zero-order chi connectivity index (χ0) is 22.5. The molecule has 7 nitrogen and oxygen atoms in total. The lowest BCUT2D eigenvalue weighted by molar-refractivity contribution is 0.0331. The molecule has 0 radical (unpaired) electrons. The second-order valence-corrected chi connectivity index (χ2v) is 9.65. The van der Waals surface area contributed by atoms with Gasteiger partial charge in [0.25, 0.3) is 5.91 Å². The van der Waals surface area contributed by atoms with Crippen LogP contribution in [0.1, 0.15) is 35.4 Å². The fourth-order valence-corrected chi connectivity index (χ4v) is 5.50. The summed E-state index contributed by atoms with van der Waals surface area (Å²) in [5.41, 5.74) is 1.69. The molecular formula is C25H30N4O3S. The summed E-state index contributed by atoms with van der Waals surface area (Å²) in [6, 6.07) is 9.68. The van der Waals surface area contributed by atoms with Crippen molar-refractivity contribution < 1.29 is 13.9 Å². The van der Waals surface area contributed by atoms with Crippen LogP contribution in [-0.4, -0.2) is 71.6 Å². The fourth-order valence-electron chi connectivity index (χ4n) is 4.67. The molecule has 0 saturated carbocycles. The highest BCUT2D eigenvalue weighted by Gasteiger charge is 2.29. The number of hydrogen-bond acceptors (Lipinski definition) is 7. The number of amides is 1. The Labute approximate surface area is 198 Å². The van der Waals surface area contributed by atoms with Crippen molar-refractivity contribution in [2.75, 3.05) is 45.9 Å². The predicted molar refractivity (Wildman–Crippen MR) is 128 cm³/mol. The van der Waals surface area contributed by atoms with Crippen molar-refractivity contribution in [3.8, 4) is 0 Å². The number of carbonyl (C=O) groups excluding carboxylic acids is 1. The summed E-state index contributed by atoms with van der Waals surface area (Å²) in [5.74, 6) is 1.74. The third kappa shape index (κ3) is 5.39. The number of morpholine rings is 1. The van der Waals surface area contributed by atoms with Gasteiger partial charge in [-0.25, -0.2) is 9.97 Å². The molecule has 3 aromatic rings. The SMILES string of the molecule is O=C(c1oc2ccccc2c1CSc1ncccn1)N1CCC(CCN2CCOCC2)CC1. The van der Waals surface area contributed by atoms with Gasteiger partial charge in [-0.1, -0.05) is 30.0 Å². The molecule has 2 aliphatic heterocycles. The molecule has 0 N–H and O–H groups in total. The molecule has 2 fully saturated rings. The van der Waals surface area contributed by atoms with E-state index in [0.717, 1.165) is 75.3 Å². The second-order valence-electron chi connectivity index (χ2n) is 8.70. The van der Waals surface area contributed by atoms with E-state index < -0.39 is 0 Å². The van der Waals surface area contributed by atoms with Gasteiger partial charge in [0.05, 0.1) is 13.2 Å². The Bertz CT molecular complexity index is 1060. The number of likely N-dealkylation sites (tertiary alicyclic amines) is 1. The highest BCUT2D eigenvalue weighted by atomic mass is 32.2. The molecule has 1 amide bonds. The first-order chi connectivity index (χ1) is 16.3. The monoisotopic (exact) mass is 466 g/mol. The van der Waals surface area contributed by atoms with E-state index in [0.29, 0.717) is 22.6 Å². The Morgan fingerprint density at radius 2 is 1.79 bits per heavy atom. The number of hydrogen-bond donors (Lipinski definition) is 0. The molecule has 1 aromatic carbocycles. The van der Waals surface area contributed by atoms with Gasteiger partial charge < -0.3 is 14.1 Å². The number of thioether (sulfide) groups is 1. The van der Waals surface area contributed by atoms with Gasteiger partial charge in [-0.05, 0) is 43.9 Å². The maximum atomic E-state index is 13.5. The third-order valence-corrected chi connectivity index (χ3v) is 7.54. The lowest BCUT2D eigenvalue weighted by Crippen LogP contribution is -2.41. The van der Waals surface area contributed by atoms with Crippen molar-refractivity contribution in [2.45, 2.75) is 30.2 Å². The zero-order valence-corrected chi connectivity index (χ0v) is 19.6. The van der Waals surface area contributed by atoms with E-state index in [9.17, 15) is 4.79 Å². The van der Waals surface area contributed by atoms with Crippen molar-refractivity contribution in [3.63, 3.8) is 0 Å². The highest BCUT2D eigenvalue weighted by Crippen LogP contribution is 2.32. The molecule has 33 heavy (non-hydrogen) atoms. The average molecular weight is 467 g/mol. The number of para-hydroxylation sites is 1. The number of ether oxygens (including phenoxy) is 1. The van der Waals surface area contributed by atoms with Gasteiger partial charge in [-0.3, -0.25) is 9.69 Å². The van der Waals surface area contributed by atoms with Crippen LogP contribution < -0.4 is 0 Å². The summed E-state index contributed by atoms with van der Waals surface area (Å²) >= 11 is 1.53. The Morgan fingerprint density at radius 1 is 1.03 bits per heavy atom. The summed E-state index contributed by atoms with van der Waals surface area (Å²) in [7, 11) is 0. The van der Waals surface area contributed by atoms with E-state index >= 15 is 0 Å². The number of benzene rings is 1. The molecular weight excluding hydrogens is 436 g/mol. The van der Waals surface area contributed by atoms with E-state index in [2.05, 4.69) is 14.9 Å². The van der Waals surface area contributed by atoms with Gasteiger partial charge in [-0.15, -0.1) is 0 Å². The molecule has 2 aliphatic rings. The summed E-state index contributed by atoms with van der Waals surface area (Å²) in [6.45, 7) is 6.49. The van der Waals surface area contributed by atoms with E-state index in [1.54, 1.807) is 18.5 Å². The van der Waals surface area contributed by atoms with Crippen LogP contribution in [0.25, 0.3) is 11.0 Å². The number of rotatable bonds is 7. The van der Waals surface area contributed by atoms with Crippen molar-refractivity contribution in [2.24, 2.45) is 5.92 Å². The van der Waals surface area contributed by atoms with Crippen molar-refractivity contribution in [1.82, 2.24) is 19.8 Å². The number of carbonyl (C=O) groups is 1. The Hall–Kier alpha value is -2.42. The van der Waals surface area contributed by atoms with Crippen LogP contribution in [0.4, 0.5) is 0 Å². The molecule has 0 unspecified atom stereocenters. The number of fused-ring (bicyclic) bond motifs is 1. The van der Waals surface area contributed by atoms with Gasteiger partial charge in [0.1, 0.15) is 5.58 Å². The topological polar surface area (TPSA) is 71.7 Å². The lowest BCUT2D eigenvalue weighted by Gasteiger charge is -2.33. The minimum atomic E-state index is 0.00223. The molecule has 4 heterocycles. The third-order valence-electron chi connectivity index (χ3n) is 6.64. The van der Waals surface area contributed by atoms with E-state index in [-0.39, 0.29) is 5.91 Å². The smallest absolute Gasteiger partial charge is 0.289 e. The maximum Gasteiger partial charge on any atom is 0.289 e. The van der Waals surface area contributed by atoms with E-state index in [1.165, 1.54) is 18.2 Å². The highest BCUT2D eigenvalue weighted by molar-refractivity contribution is 7.98. The lowest BCUT2D eigenvalue weighted by atomic mass is 9.93. The second kappa shape index (κ2) is 10.7. The quantitative estimate of drug-likeness (QED) is 0.384. The predicted octanol–water partition coefficient (Wildman–Crippen LogP) is 4.09. The molecule has 0 atom stereocenters. The molecule has 0 spiro atoms. The number of piperidine rings is 1. The fraction of sp³-hybridized carbons (Fsp3) is 0.480. The molecule has 2 saturated heterocycles. The van der Waals surface area contributed by atoms with Gasteiger partial charge in [-0.2, -0.15) is 0 Å². The van der Waals surface area contributed by atoms with Crippen molar-refractivity contribution in [1.29, 1.82) is 0 Å². The largest absolute Gasteiger partial charge is 0.451 e. The number of nitrogens with zero attached hydrogens (tertiary/aromatic N) is 4. The van der Waals surface area contributed by atoms with Crippen LogP contribution in [0.5, 0.6) is 0 Å². The summed E-state index contributed by atoms with van der Waals surface area (Å²) < 4.78 is 11.5. The first-order valence-electron chi connectivity index (χ1n) is 11.8. The average Bonchev–Trinajstić information content (AvgIpc) is 3.26. The molecule has 8 heteroatoms. The summed E-state index contributed by atoms with van der Waals surface area (Å²) in [6.07, 6.45) is 6.78. The van der Waals surface area contributed by atoms with Crippen LogP contribution in [0.2, 0.25) is 0 Å².